The number of amides is 3. The summed E-state index contributed by atoms with van der Waals surface area (Å²) in [6, 6.07) is 5.36. The maximum absolute atomic E-state index is 11.8. The van der Waals surface area contributed by atoms with Crippen molar-refractivity contribution in [2.45, 2.75) is 20.0 Å². The van der Waals surface area contributed by atoms with E-state index >= 15 is 0 Å². The van der Waals surface area contributed by atoms with Crippen molar-refractivity contribution in [3.63, 3.8) is 0 Å². The van der Waals surface area contributed by atoms with Crippen LogP contribution in [0, 0.1) is 6.92 Å². The molecule has 6 heteroatoms. The Morgan fingerprint density at radius 3 is 2.90 bits per heavy atom. The van der Waals surface area contributed by atoms with Crippen molar-refractivity contribution < 1.29 is 14.3 Å². The van der Waals surface area contributed by atoms with Crippen LogP contribution in [-0.2, 0) is 4.79 Å². The Morgan fingerprint density at radius 2 is 2.20 bits per heavy atom. The molecule has 0 radical (unpaired) electrons. The van der Waals surface area contributed by atoms with E-state index in [0.717, 1.165) is 17.0 Å². The molecule has 0 saturated carbocycles. The Balaban J connectivity index is 2.13. The minimum Gasteiger partial charge on any atom is -0.487 e. The topological polar surface area (TPSA) is 70.7 Å². The van der Waals surface area contributed by atoms with Gasteiger partial charge in [0, 0.05) is 7.05 Å². The number of rotatable bonds is 2. The highest BCUT2D eigenvalue weighted by atomic mass is 16.5. The number of nitrogens with one attached hydrogen (secondary N) is 2. The summed E-state index contributed by atoms with van der Waals surface area (Å²) in [5, 5.41) is 4.62. The van der Waals surface area contributed by atoms with Gasteiger partial charge >= 0.3 is 6.03 Å². The minimum absolute atomic E-state index is 0.00268. The van der Waals surface area contributed by atoms with Crippen LogP contribution in [0.15, 0.2) is 18.2 Å². The predicted molar refractivity (Wildman–Crippen MR) is 76.1 cm³/mol. The quantitative estimate of drug-likeness (QED) is 0.847. The first-order chi connectivity index (χ1) is 9.49. The van der Waals surface area contributed by atoms with Crippen molar-refractivity contribution in [3.05, 3.63) is 23.8 Å². The van der Waals surface area contributed by atoms with Crippen LogP contribution in [0.4, 0.5) is 10.5 Å². The molecule has 1 atom stereocenters. The van der Waals surface area contributed by atoms with E-state index in [9.17, 15) is 9.59 Å². The van der Waals surface area contributed by atoms with Gasteiger partial charge in [-0.1, -0.05) is 6.07 Å². The molecule has 108 valence electrons. The fraction of sp³-hybridized carbons (Fsp3) is 0.429. The summed E-state index contributed by atoms with van der Waals surface area (Å²) in [6.45, 7) is 4.68. The average Bonchev–Trinajstić information content (AvgIpc) is 2.37. The molecule has 0 bridgehead atoms. The third kappa shape index (κ3) is 3.20. The highest BCUT2D eigenvalue weighted by molar-refractivity contribution is 5.96. The van der Waals surface area contributed by atoms with Crippen molar-refractivity contribution in [3.8, 4) is 5.75 Å². The van der Waals surface area contributed by atoms with Crippen molar-refractivity contribution in [2.75, 3.05) is 25.0 Å². The minimum atomic E-state index is -0.500. The summed E-state index contributed by atoms with van der Waals surface area (Å²) in [4.78, 5) is 24.9. The Morgan fingerprint density at radius 1 is 1.45 bits per heavy atom. The van der Waals surface area contributed by atoms with Crippen molar-refractivity contribution in [1.29, 1.82) is 0 Å². The van der Waals surface area contributed by atoms with Gasteiger partial charge in [0.25, 0.3) is 0 Å². The van der Waals surface area contributed by atoms with Gasteiger partial charge in [-0.3, -0.25) is 10.1 Å². The molecule has 1 aromatic carbocycles. The monoisotopic (exact) mass is 277 g/mol. The van der Waals surface area contributed by atoms with E-state index in [4.69, 9.17) is 4.74 Å². The largest absolute Gasteiger partial charge is 0.487 e. The van der Waals surface area contributed by atoms with Gasteiger partial charge < -0.3 is 15.0 Å². The molecule has 2 N–H and O–H groups in total. The highest BCUT2D eigenvalue weighted by Crippen LogP contribution is 2.33. The smallest absolute Gasteiger partial charge is 0.321 e. The lowest BCUT2D eigenvalue weighted by molar-refractivity contribution is -0.118. The van der Waals surface area contributed by atoms with Crippen molar-refractivity contribution in [2.24, 2.45) is 0 Å². The van der Waals surface area contributed by atoms with E-state index in [-0.39, 0.29) is 18.6 Å². The average molecular weight is 277 g/mol. The molecular weight excluding hydrogens is 258 g/mol. The molecule has 1 aliphatic rings. The standard InChI is InChI=1S/C14H19N3O3/c1-9-4-5-11-12(6-9)20-10(2)7-17(11)8-13(18)16-14(19)15-3/h4-6,10H,7-8H2,1-3H3,(H2,15,16,18,19). The number of anilines is 1. The molecule has 0 aliphatic carbocycles. The lowest BCUT2D eigenvalue weighted by atomic mass is 10.1. The maximum Gasteiger partial charge on any atom is 0.321 e. The van der Waals surface area contributed by atoms with E-state index in [1.54, 1.807) is 0 Å². The molecule has 1 aromatic rings. The van der Waals surface area contributed by atoms with Crippen LogP contribution in [-0.4, -0.2) is 38.2 Å². The van der Waals surface area contributed by atoms with E-state index in [0.29, 0.717) is 6.54 Å². The van der Waals surface area contributed by atoms with E-state index < -0.39 is 6.03 Å². The number of imide groups is 1. The van der Waals surface area contributed by atoms with Gasteiger partial charge in [0.05, 0.1) is 18.8 Å². The Labute approximate surface area is 118 Å². The summed E-state index contributed by atoms with van der Waals surface area (Å²) in [6.07, 6.45) is -0.00268. The Hall–Kier alpha value is -2.24. The maximum atomic E-state index is 11.8. The molecule has 1 heterocycles. The number of hydrogen-bond acceptors (Lipinski definition) is 4. The van der Waals surface area contributed by atoms with Crippen LogP contribution in [0.5, 0.6) is 5.75 Å². The van der Waals surface area contributed by atoms with Crippen molar-refractivity contribution in [1.82, 2.24) is 10.6 Å². The summed E-state index contributed by atoms with van der Waals surface area (Å²) >= 11 is 0. The summed E-state index contributed by atoms with van der Waals surface area (Å²) in [7, 11) is 1.47. The number of benzene rings is 1. The second kappa shape index (κ2) is 5.81. The third-order valence-electron chi connectivity index (χ3n) is 3.08. The second-order valence-electron chi connectivity index (χ2n) is 4.91. The Bertz CT molecular complexity index is 530. The first-order valence-corrected chi connectivity index (χ1v) is 6.53. The molecule has 0 spiro atoms. The highest BCUT2D eigenvalue weighted by Gasteiger charge is 2.24. The number of carbonyl (C=O) groups excluding carboxylic acids is 2. The number of aryl methyl sites for hydroxylation is 1. The number of hydrogen-bond donors (Lipinski definition) is 2. The van der Waals surface area contributed by atoms with Crippen LogP contribution in [0.25, 0.3) is 0 Å². The zero-order valence-electron chi connectivity index (χ0n) is 11.9. The van der Waals surface area contributed by atoms with Crippen LogP contribution >= 0.6 is 0 Å². The van der Waals surface area contributed by atoms with Gasteiger partial charge in [-0.2, -0.15) is 0 Å². The molecular formula is C14H19N3O3. The van der Waals surface area contributed by atoms with Crippen molar-refractivity contribution >= 4 is 17.6 Å². The van der Waals surface area contributed by atoms with E-state index in [1.807, 2.05) is 36.9 Å². The zero-order valence-corrected chi connectivity index (χ0v) is 11.9. The molecule has 1 unspecified atom stereocenters. The number of nitrogens with zero attached hydrogens (tertiary/aromatic N) is 1. The fourth-order valence-corrected chi connectivity index (χ4v) is 2.19. The van der Waals surface area contributed by atoms with E-state index in [1.165, 1.54) is 7.05 Å². The lowest BCUT2D eigenvalue weighted by Gasteiger charge is -2.34. The lowest BCUT2D eigenvalue weighted by Crippen LogP contribution is -2.47. The normalized spacial score (nSPS) is 16.9. The van der Waals surface area contributed by atoms with Gasteiger partial charge in [0.15, 0.2) is 0 Å². The molecule has 0 aromatic heterocycles. The molecule has 20 heavy (non-hydrogen) atoms. The van der Waals surface area contributed by atoms with Gasteiger partial charge in [-0.05, 0) is 31.5 Å². The van der Waals surface area contributed by atoms with Gasteiger partial charge in [-0.25, -0.2) is 4.79 Å². The van der Waals surface area contributed by atoms with Crippen LogP contribution in [0.1, 0.15) is 12.5 Å². The van der Waals surface area contributed by atoms with Gasteiger partial charge in [0.1, 0.15) is 11.9 Å². The predicted octanol–water partition coefficient (Wildman–Crippen LogP) is 1.04. The molecule has 1 aliphatic heterocycles. The first kappa shape index (κ1) is 14.2. The first-order valence-electron chi connectivity index (χ1n) is 6.53. The molecule has 0 saturated heterocycles. The van der Waals surface area contributed by atoms with Gasteiger partial charge in [-0.15, -0.1) is 0 Å². The number of urea groups is 1. The van der Waals surface area contributed by atoms with Crippen LogP contribution in [0.2, 0.25) is 0 Å². The summed E-state index contributed by atoms with van der Waals surface area (Å²) in [5.41, 5.74) is 1.98. The summed E-state index contributed by atoms with van der Waals surface area (Å²) < 4.78 is 5.77. The third-order valence-corrected chi connectivity index (χ3v) is 3.08. The zero-order chi connectivity index (χ0) is 14.7. The van der Waals surface area contributed by atoms with Gasteiger partial charge in [0.2, 0.25) is 5.91 Å². The SMILES string of the molecule is CNC(=O)NC(=O)CN1CC(C)Oc2cc(C)ccc21. The Kier molecular flexibility index (Phi) is 4.12. The second-order valence-corrected chi connectivity index (χ2v) is 4.91. The molecule has 6 nitrogen and oxygen atoms in total. The van der Waals surface area contributed by atoms with Crippen LogP contribution in [0.3, 0.4) is 0 Å². The fourth-order valence-electron chi connectivity index (χ4n) is 2.19. The number of carbonyl (C=O) groups is 2. The molecule has 3 amide bonds. The number of fused-ring (bicyclic) bond motifs is 1. The number of ether oxygens (including phenoxy) is 1. The van der Waals surface area contributed by atoms with Crippen LogP contribution < -0.4 is 20.3 Å². The summed E-state index contributed by atoms with van der Waals surface area (Å²) in [5.74, 6) is 0.432. The van der Waals surface area contributed by atoms with E-state index in [2.05, 4.69) is 10.6 Å². The molecule has 0 fully saturated rings. The molecule has 2 rings (SSSR count).